The van der Waals surface area contributed by atoms with Gasteiger partial charge < -0.3 is 15.8 Å². The summed E-state index contributed by atoms with van der Waals surface area (Å²) >= 11 is 0. The molecule has 0 atom stereocenters. The van der Waals surface area contributed by atoms with Crippen molar-refractivity contribution in [3.8, 4) is 5.75 Å². The minimum Gasteiger partial charge on any atom is -0.494 e. The molecule has 0 saturated heterocycles. The molecule has 2 rings (SSSR count). The molecule has 0 aromatic heterocycles. The van der Waals surface area contributed by atoms with Gasteiger partial charge in [-0.2, -0.15) is 0 Å². The molecular formula is C19H22N2O3. The van der Waals surface area contributed by atoms with Crippen molar-refractivity contribution >= 4 is 17.5 Å². The smallest absolute Gasteiger partial charge is 0.255 e. The fourth-order valence-corrected chi connectivity index (χ4v) is 2.07. The van der Waals surface area contributed by atoms with Crippen LogP contribution in [-0.4, -0.2) is 18.4 Å². The molecule has 0 saturated carbocycles. The first-order chi connectivity index (χ1) is 11.5. The number of anilines is 1. The highest BCUT2D eigenvalue weighted by atomic mass is 16.5. The minimum absolute atomic E-state index is 0.259. The Labute approximate surface area is 141 Å². The van der Waals surface area contributed by atoms with Gasteiger partial charge in [-0.1, -0.05) is 19.9 Å². The first-order valence-corrected chi connectivity index (χ1v) is 7.90. The van der Waals surface area contributed by atoms with Gasteiger partial charge in [0.05, 0.1) is 6.61 Å². The van der Waals surface area contributed by atoms with Crippen molar-refractivity contribution in [2.75, 3.05) is 11.9 Å². The Morgan fingerprint density at radius 1 is 1.08 bits per heavy atom. The van der Waals surface area contributed by atoms with Gasteiger partial charge in [0.2, 0.25) is 5.91 Å². The molecule has 0 aliphatic heterocycles. The number of hydrogen-bond acceptors (Lipinski definition) is 3. The summed E-state index contributed by atoms with van der Waals surface area (Å²) in [5.41, 5.74) is 6.61. The summed E-state index contributed by atoms with van der Waals surface area (Å²) < 4.78 is 5.63. The van der Waals surface area contributed by atoms with Gasteiger partial charge in [-0.15, -0.1) is 0 Å². The van der Waals surface area contributed by atoms with E-state index in [0.717, 1.165) is 12.2 Å². The molecule has 0 aliphatic rings. The average molecular weight is 326 g/mol. The molecule has 0 spiro atoms. The molecule has 0 unspecified atom stereocenters. The number of amides is 2. The van der Waals surface area contributed by atoms with E-state index in [0.29, 0.717) is 29.3 Å². The normalized spacial score (nSPS) is 10.5. The summed E-state index contributed by atoms with van der Waals surface area (Å²) in [7, 11) is 0. The van der Waals surface area contributed by atoms with Crippen LogP contribution in [0.3, 0.4) is 0 Å². The van der Waals surface area contributed by atoms with Crippen molar-refractivity contribution in [1.29, 1.82) is 0 Å². The number of benzene rings is 2. The highest BCUT2D eigenvalue weighted by molar-refractivity contribution is 6.05. The molecule has 0 aliphatic carbocycles. The molecule has 3 N–H and O–H groups in total. The van der Waals surface area contributed by atoms with Crippen molar-refractivity contribution in [2.45, 2.75) is 20.3 Å². The fraction of sp³-hybridized carbons (Fsp3) is 0.263. The van der Waals surface area contributed by atoms with Crippen LogP contribution >= 0.6 is 0 Å². The zero-order chi connectivity index (χ0) is 17.5. The van der Waals surface area contributed by atoms with Crippen LogP contribution in [0.1, 0.15) is 41.0 Å². The number of primary amides is 1. The lowest BCUT2D eigenvalue weighted by atomic mass is 10.1. The SMILES string of the molecule is CC(C)CCOc1ccc(C(=O)Nc2cccc(C(N)=O)c2)cc1. The first kappa shape index (κ1) is 17.5. The van der Waals surface area contributed by atoms with E-state index in [1.807, 2.05) is 0 Å². The predicted molar refractivity (Wildman–Crippen MR) is 94.3 cm³/mol. The molecule has 126 valence electrons. The van der Waals surface area contributed by atoms with Gasteiger partial charge in [-0.25, -0.2) is 0 Å². The second-order valence-corrected chi connectivity index (χ2v) is 5.95. The molecule has 5 heteroatoms. The molecule has 2 aromatic carbocycles. The predicted octanol–water partition coefficient (Wildman–Crippen LogP) is 3.46. The second kappa shape index (κ2) is 8.15. The van der Waals surface area contributed by atoms with Crippen molar-refractivity contribution in [3.05, 3.63) is 59.7 Å². The zero-order valence-electron chi connectivity index (χ0n) is 13.9. The Kier molecular flexibility index (Phi) is 5.95. The topological polar surface area (TPSA) is 81.4 Å². The van der Waals surface area contributed by atoms with Crippen LogP contribution in [0.15, 0.2) is 48.5 Å². The maximum Gasteiger partial charge on any atom is 0.255 e. The van der Waals surface area contributed by atoms with Gasteiger partial charge >= 0.3 is 0 Å². The molecule has 2 aromatic rings. The van der Waals surface area contributed by atoms with E-state index >= 15 is 0 Å². The van der Waals surface area contributed by atoms with Crippen LogP contribution in [0.25, 0.3) is 0 Å². The molecule has 5 nitrogen and oxygen atoms in total. The number of carbonyl (C=O) groups excluding carboxylic acids is 2. The third-order valence-corrected chi connectivity index (χ3v) is 3.49. The number of nitrogens with two attached hydrogens (primary N) is 1. The lowest BCUT2D eigenvalue weighted by Gasteiger charge is -2.09. The van der Waals surface area contributed by atoms with Crippen molar-refractivity contribution in [1.82, 2.24) is 0 Å². The summed E-state index contributed by atoms with van der Waals surface area (Å²) in [6.07, 6.45) is 0.985. The molecule has 0 bridgehead atoms. The highest BCUT2D eigenvalue weighted by Gasteiger charge is 2.08. The maximum absolute atomic E-state index is 12.2. The summed E-state index contributed by atoms with van der Waals surface area (Å²) in [5, 5.41) is 2.74. The lowest BCUT2D eigenvalue weighted by molar-refractivity contribution is 0.0996. The second-order valence-electron chi connectivity index (χ2n) is 5.95. The quantitative estimate of drug-likeness (QED) is 0.817. The van der Waals surface area contributed by atoms with E-state index in [2.05, 4.69) is 19.2 Å². The minimum atomic E-state index is -0.533. The van der Waals surface area contributed by atoms with E-state index in [1.165, 1.54) is 0 Å². The van der Waals surface area contributed by atoms with Crippen LogP contribution in [0.5, 0.6) is 5.75 Å². The molecule has 0 fully saturated rings. The van der Waals surface area contributed by atoms with E-state index in [-0.39, 0.29) is 5.91 Å². The number of ether oxygens (including phenoxy) is 1. The zero-order valence-corrected chi connectivity index (χ0v) is 13.9. The molecule has 2 amide bonds. The van der Waals surface area contributed by atoms with Gasteiger partial charge in [0, 0.05) is 16.8 Å². The van der Waals surface area contributed by atoms with Crippen LogP contribution in [0.2, 0.25) is 0 Å². The van der Waals surface area contributed by atoms with E-state index in [1.54, 1.807) is 48.5 Å². The van der Waals surface area contributed by atoms with Gasteiger partial charge in [0.1, 0.15) is 5.75 Å². The van der Waals surface area contributed by atoms with E-state index in [9.17, 15) is 9.59 Å². The summed E-state index contributed by atoms with van der Waals surface area (Å²) in [6, 6.07) is 13.5. The average Bonchev–Trinajstić information content (AvgIpc) is 2.55. The Hall–Kier alpha value is -2.82. The van der Waals surface area contributed by atoms with Crippen LogP contribution in [0, 0.1) is 5.92 Å². The number of nitrogens with one attached hydrogen (secondary N) is 1. The summed E-state index contributed by atoms with van der Waals surface area (Å²) in [4.78, 5) is 23.4. The maximum atomic E-state index is 12.2. The highest BCUT2D eigenvalue weighted by Crippen LogP contribution is 2.16. The largest absolute Gasteiger partial charge is 0.494 e. The van der Waals surface area contributed by atoms with Crippen molar-refractivity contribution < 1.29 is 14.3 Å². The Balaban J connectivity index is 1.97. The van der Waals surface area contributed by atoms with Gasteiger partial charge in [-0.05, 0) is 54.8 Å². The Bertz CT molecular complexity index is 709. The first-order valence-electron chi connectivity index (χ1n) is 7.90. The molecule has 0 radical (unpaired) electrons. The van der Waals surface area contributed by atoms with Gasteiger partial charge in [-0.3, -0.25) is 9.59 Å². The van der Waals surface area contributed by atoms with Gasteiger partial charge in [0.25, 0.3) is 5.91 Å². The number of hydrogen-bond donors (Lipinski definition) is 2. The molecule has 0 heterocycles. The summed E-state index contributed by atoms with van der Waals surface area (Å²) in [6.45, 7) is 4.94. The third kappa shape index (κ3) is 5.12. The monoisotopic (exact) mass is 326 g/mol. The Morgan fingerprint density at radius 3 is 2.42 bits per heavy atom. The fourth-order valence-electron chi connectivity index (χ4n) is 2.07. The van der Waals surface area contributed by atoms with Crippen LogP contribution in [0.4, 0.5) is 5.69 Å². The molecule has 24 heavy (non-hydrogen) atoms. The Morgan fingerprint density at radius 2 is 1.79 bits per heavy atom. The van der Waals surface area contributed by atoms with E-state index < -0.39 is 5.91 Å². The van der Waals surface area contributed by atoms with Crippen molar-refractivity contribution in [2.24, 2.45) is 11.7 Å². The third-order valence-electron chi connectivity index (χ3n) is 3.49. The number of rotatable bonds is 7. The van der Waals surface area contributed by atoms with Crippen LogP contribution < -0.4 is 15.8 Å². The molecular weight excluding hydrogens is 304 g/mol. The standard InChI is InChI=1S/C19H22N2O3/c1-13(2)10-11-24-17-8-6-14(7-9-17)19(23)21-16-5-3-4-15(12-16)18(20)22/h3-9,12-13H,10-11H2,1-2H3,(H2,20,22)(H,21,23). The number of carbonyl (C=O) groups is 2. The van der Waals surface area contributed by atoms with Crippen molar-refractivity contribution in [3.63, 3.8) is 0 Å². The van der Waals surface area contributed by atoms with E-state index in [4.69, 9.17) is 10.5 Å². The van der Waals surface area contributed by atoms with Gasteiger partial charge in [0.15, 0.2) is 0 Å². The van der Waals surface area contributed by atoms with Crippen LogP contribution in [-0.2, 0) is 0 Å². The lowest BCUT2D eigenvalue weighted by Crippen LogP contribution is -2.14. The summed E-state index contributed by atoms with van der Waals surface area (Å²) in [5.74, 6) is 0.536.